The van der Waals surface area contributed by atoms with Crippen molar-refractivity contribution in [3.05, 3.63) is 20.8 Å². The zero-order valence-corrected chi connectivity index (χ0v) is 10.4. The molecule has 0 aromatic carbocycles. The van der Waals surface area contributed by atoms with Crippen LogP contribution in [0.3, 0.4) is 0 Å². The van der Waals surface area contributed by atoms with Gasteiger partial charge in [0.1, 0.15) is 0 Å². The standard InChI is InChI=1S/C10H15BrOS/c1-3-5-10(12,4-2)8-6-13-7-9(8)11/h6-7,12H,3-5H2,1-2H3. The van der Waals surface area contributed by atoms with Crippen LogP contribution in [0.1, 0.15) is 38.7 Å². The summed E-state index contributed by atoms with van der Waals surface area (Å²) in [5.41, 5.74) is 0.412. The Bertz CT molecular complexity index is 272. The predicted octanol–water partition coefficient (Wildman–Crippen LogP) is 3.91. The number of thiophene rings is 1. The Kier molecular flexibility index (Phi) is 3.95. The number of rotatable bonds is 4. The van der Waals surface area contributed by atoms with Crippen LogP contribution < -0.4 is 0 Å². The fourth-order valence-electron chi connectivity index (χ4n) is 1.53. The van der Waals surface area contributed by atoms with Crippen molar-refractivity contribution in [3.8, 4) is 0 Å². The van der Waals surface area contributed by atoms with E-state index >= 15 is 0 Å². The normalized spacial score (nSPS) is 15.7. The summed E-state index contributed by atoms with van der Waals surface area (Å²) in [5, 5.41) is 14.4. The fourth-order valence-corrected chi connectivity index (χ4v) is 3.28. The molecule has 1 rings (SSSR count). The van der Waals surface area contributed by atoms with Crippen molar-refractivity contribution >= 4 is 27.3 Å². The van der Waals surface area contributed by atoms with E-state index in [-0.39, 0.29) is 0 Å². The number of hydrogen-bond acceptors (Lipinski definition) is 2. The molecule has 1 aromatic heterocycles. The zero-order chi connectivity index (χ0) is 9.90. The Labute approximate surface area is 91.9 Å². The average Bonchev–Trinajstić information content (AvgIpc) is 2.52. The predicted molar refractivity (Wildman–Crippen MR) is 61.1 cm³/mol. The molecular weight excluding hydrogens is 248 g/mol. The third-order valence-corrected chi connectivity index (χ3v) is 4.07. The third-order valence-electron chi connectivity index (χ3n) is 2.36. The maximum absolute atomic E-state index is 10.3. The maximum Gasteiger partial charge on any atom is 0.0912 e. The minimum atomic E-state index is -0.631. The molecule has 1 nitrogen and oxygen atoms in total. The molecule has 74 valence electrons. The summed E-state index contributed by atoms with van der Waals surface area (Å²) in [6.07, 6.45) is 2.61. The van der Waals surface area contributed by atoms with Crippen LogP contribution in [0.25, 0.3) is 0 Å². The highest BCUT2D eigenvalue weighted by atomic mass is 79.9. The van der Waals surface area contributed by atoms with Crippen LogP contribution in [0.15, 0.2) is 15.2 Å². The maximum atomic E-state index is 10.3. The summed E-state index contributed by atoms with van der Waals surface area (Å²) in [6.45, 7) is 4.13. The van der Waals surface area contributed by atoms with E-state index in [9.17, 15) is 5.11 Å². The number of halogens is 1. The van der Waals surface area contributed by atoms with E-state index in [4.69, 9.17) is 0 Å². The van der Waals surface area contributed by atoms with Crippen molar-refractivity contribution in [2.45, 2.75) is 38.7 Å². The number of aliphatic hydroxyl groups is 1. The third kappa shape index (κ3) is 2.33. The summed E-state index contributed by atoms with van der Waals surface area (Å²) in [4.78, 5) is 0. The van der Waals surface area contributed by atoms with Crippen LogP contribution in [0.2, 0.25) is 0 Å². The molecule has 0 aliphatic rings. The van der Waals surface area contributed by atoms with Crippen molar-refractivity contribution in [3.63, 3.8) is 0 Å². The lowest BCUT2D eigenvalue weighted by Crippen LogP contribution is -2.24. The SMILES string of the molecule is CCCC(O)(CC)c1cscc1Br. The lowest BCUT2D eigenvalue weighted by atomic mass is 9.89. The molecular formula is C10H15BrOS. The first-order valence-electron chi connectivity index (χ1n) is 4.58. The molecule has 1 unspecified atom stereocenters. The van der Waals surface area contributed by atoms with Crippen molar-refractivity contribution < 1.29 is 5.11 Å². The van der Waals surface area contributed by atoms with Crippen LogP contribution in [-0.2, 0) is 5.60 Å². The topological polar surface area (TPSA) is 20.2 Å². The second-order valence-electron chi connectivity index (χ2n) is 3.27. The van der Waals surface area contributed by atoms with Gasteiger partial charge in [-0.2, -0.15) is 11.3 Å². The Morgan fingerprint density at radius 1 is 1.46 bits per heavy atom. The average molecular weight is 263 g/mol. The van der Waals surface area contributed by atoms with Crippen molar-refractivity contribution in [2.75, 3.05) is 0 Å². The summed E-state index contributed by atoms with van der Waals surface area (Å²) in [6, 6.07) is 0. The van der Waals surface area contributed by atoms with Gasteiger partial charge in [-0.25, -0.2) is 0 Å². The van der Waals surface area contributed by atoms with Crippen LogP contribution in [-0.4, -0.2) is 5.11 Å². The summed E-state index contributed by atoms with van der Waals surface area (Å²) in [7, 11) is 0. The highest BCUT2D eigenvalue weighted by Crippen LogP contribution is 2.36. The van der Waals surface area contributed by atoms with Crippen molar-refractivity contribution in [1.82, 2.24) is 0 Å². The minimum Gasteiger partial charge on any atom is -0.385 e. The number of hydrogen-bond donors (Lipinski definition) is 1. The van der Waals surface area contributed by atoms with E-state index in [2.05, 4.69) is 22.9 Å². The molecule has 0 spiro atoms. The quantitative estimate of drug-likeness (QED) is 0.873. The first-order valence-corrected chi connectivity index (χ1v) is 6.32. The zero-order valence-electron chi connectivity index (χ0n) is 8.01. The van der Waals surface area contributed by atoms with Crippen LogP contribution in [0, 0.1) is 0 Å². The lowest BCUT2D eigenvalue weighted by Gasteiger charge is -2.26. The summed E-state index contributed by atoms with van der Waals surface area (Å²) in [5.74, 6) is 0. The molecule has 0 saturated heterocycles. The van der Waals surface area contributed by atoms with Crippen molar-refractivity contribution in [2.24, 2.45) is 0 Å². The van der Waals surface area contributed by atoms with Crippen LogP contribution >= 0.6 is 27.3 Å². The molecule has 0 bridgehead atoms. The molecule has 0 amide bonds. The smallest absolute Gasteiger partial charge is 0.0912 e. The van der Waals surface area contributed by atoms with Gasteiger partial charge in [0.2, 0.25) is 0 Å². The molecule has 1 N–H and O–H groups in total. The second-order valence-corrected chi connectivity index (χ2v) is 4.87. The molecule has 1 aromatic rings. The first-order chi connectivity index (χ1) is 6.14. The molecule has 0 radical (unpaired) electrons. The van der Waals surface area contributed by atoms with Gasteiger partial charge in [-0.3, -0.25) is 0 Å². The van der Waals surface area contributed by atoms with E-state index in [1.807, 2.05) is 17.7 Å². The van der Waals surface area contributed by atoms with E-state index < -0.39 is 5.60 Å². The molecule has 13 heavy (non-hydrogen) atoms. The molecule has 0 fully saturated rings. The molecule has 0 saturated carbocycles. The minimum absolute atomic E-state index is 0.631. The Morgan fingerprint density at radius 2 is 2.15 bits per heavy atom. The van der Waals surface area contributed by atoms with Gasteiger partial charge >= 0.3 is 0 Å². The van der Waals surface area contributed by atoms with Crippen LogP contribution in [0.5, 0.6) is 0 Å². The van der Waals surface area contributed by atoms with E-state index in [1.54, 1.807) is 11.3 Å². The van der Waals surface area contributed by atoms with Gasteiger partial charge in [0.05, 0.1) is 5.60 Å². The molecule has 1 atom stereocenters. The van der Waals surface area contributed by atoms with Gasteiger partial charge in [0.25, 0.3) is 0 Å². The van der Waals surface area contributed by atoms with Gasteiger partial charge < -0.3 is 5.11 Å². The van der Waals surface area contributed by atoms with Gasteiger partial charge in [-0.05, 0) is 34.2 Å². The summed E-state index contributed by atoms with van der Waals surface area (Å²) < 4.78 is 1.04. The molecule has 0 aliphatic heterocycles. The molecule has 0 aliphatic carbocycles. The van der Waals surface area contributed by atoms with Gasteiger partial charge in [-0.1, -0.05) is 20.3 Å². The molecule has 3 heteroatoms. The van der Waals surface area contributed by atoms with Gasteiger partial charge in [0, 0.05) is 15.4 Å². The van der Waals surface area contributed by atoms with E-state index in [0.29, 0.717) is 0 Å². The highest BCUT2D eigenvalue weighted by molar-refractivity contribution is 9.10. The summed E-state index contributed by atoms with van der Waals surface area (Å²) >= 11 is 5.09. The Hall–Kier alpha value is 0.140. The second kappa shape index (κ2) is 4.58. The van der Waals surface area contributed by atoms with Gasteiger partial charge in [0.15, 0.2) is 0 Å². The van der Waals surface area contributed by atoms with Crippen molar-refractivity contribution in [1.29, 1.82) is 0 Å². The Balaban J connectivity index is 2.95. The van der Waals surface area contributed by atoms with Gasteiger partial charge in [-0.15, -0.1) is 0 Å². The highest BCUT2D eigenvalue weighted by Gasteiger charge is 2.28. The van der Waals surface area contributed by atoms with Crippen LogP contribution in [0.4, 0.5) is 0 Å². The molecule has 1 heterocycles. The fraction of sp³-hybridized carbons (Fsp3) is 0.600. The van der Waals surface area contributed by atoms with E-state index in [1.165, 1.54) is 0 Å². The first kappa shape index (κ1) is 11.2. The Morgan fingerprint density at radius 3 is 2.54 bits per heavy atom. The largest absolute Gasteiger partial charge is 0.385 e. The van der Waals surface area contributed by atoms with E-state index in [0.717, 1.165) is 29.3 Å². The monoisotopic (exact) mass is 262 g/mol. The lowest BCUT2D eigenvalue weighted by molar-refractivity contribution is 0.0224.